The average molecular weight is 334 g/mol. The van der Waals surface area contributed by atoms with Crippen LogP contribution in [0, 0.1) is 11.7 Å². The lowest BCUT2D eigenvalue weighted by Crippen LogP contribution is -2.43. The van der Waals surface area contributed by atoms with Gasteiger partial charge in [0.15, 0.2) is 0 Å². The minimum atomic E-state index is -0.313. The van der Waals surface area contributed by atoms with Gasteiger partial charge in [-0.25, -0.2) is 4.39 Å². The molecule has 130 valence electrons. The highest BCUT2D eigenvalue weighted by atomic mass is 19.1. The molecule has 0 aromatic heterocycles. The molecule has 1 aromatic carbocycles. The van der Waals surface area contributed by atoms with Gasteiger partial charge in [0.05, 0.1) is 11.6 Å². The normalized spacial score (nSPS) is 21.2. The molecule has 2 heterocycles. The van der Waals surface area contributed by atoms with Gasteiger partial charge in [0.1, 0.15) is 5.82 Å². The fourth-order valence-electron chi connectivity index (χ4n) is 3.20. The maximum atomic E-state index is 14.3. The Labute approximate surface area is 141 Å². The Hall–Kier alpha value is -2.15. The molecule has 2 aliphatic heterocycles. The van der Waals surface area contributed by atoms with Crippen LogP contribution in [0.3, 0.4) is 0 Å². The number of nitrogens with one attached hydrogen (secondary N) is 2. The lowest BCUT2D eigenvalue weighted by atomic mass is 10.1. The van der Waals surface area contributed by atoms with E-state index < -0.39 is 0 Å². The maximum Gasteiger partial charge on any atom is 0.225 e. The van der Waals surface area contributed by atoms with Crippen molar-refractivity contribution in [3.05, 3.63) is 29.6 Å². The molecule has 1 atom stereocenters. The summed E-state index contributed by atoms with van der Waals surface area (Å²) in [6, 6.07) is 5.09. The Kier molecular flexibility index (Phi) is 4.99. The molecule has 2 N–H and O–H groups in total. The largest absolute Gasteiger partial charge is 0.367 e. The maximum absolute atomic E-state index is 14.3. The fraction of sp³-hybridized carbons (Fsp3) is 0.529. The summed E-state index contributed by atoms with van der Waals surface area (Å²) in [5.74, 6) is -0.743. The molecule has 0 spiro atoms. The third-order valence-electron chi connectivity index (χ3n) is 4.65. The van der Waals surface area contributed by atoms with E-state index in [9.17, 15) is 14.0 Å². The zero-order valence-electron chi connectivity index (χ0n) is 13.8. The van der Waals surface area contributed by atoms with Crippen LogP contribution < -0.4 is 15.5 Å². The van der Waals surface area contributed by atoms with E-state index in [-0.39, 0.29) is 36.5 Å². The van der Waals surface area contributed by atoms with Crippen molar-refractivity contribution in [2.24, 2.45) is 5.92 Å². The second kappa shape index (κ2) is 7.17. The molecule has 7 heteroatoms. The van der Waals surface area contributed by atoms with Crippen LogP contribution >= 0.6 is 0 Å². The van der Waals surface area contributed by atoms with Crippen molar-refractivity contribution < 1.29 is 14.0 Å². The van der Waals surface area contributed by atoms with Crippen LogP contribution in [0.15, 0.2) is 18.2 Å². The topological polar surface area (TPSA) is 64.7 Å². The summed E-state index contributed by atoms with van der Waals surface area (Å²) < 4.78 is 14.3. The number of carbonyl (C=O) groups excluding carboxylic acids is 2. The van der Waals surface area contributed by atoms with E-state index in [1.807, 2.05) is 11.0 Å². The molecule has 0 aliphatic carbocycles. The Bertz CT molecular complexity index is 631. The summed E-state index contributed by atoms with van der Waals surface area (Å²) in [4.78, 5) is 27.2. The number of halogens is 1. The highest BCUT2D eigenvalue weighted by Crippen LogP contribution is 2.21. The SMILES string of the molecule is CN1C[C@@H](C(=O)NCc2ccc(N3CCNCC3)c(F)c2)CC1=O. The summed E-state index contributed by atoms with van der Waals surface area (Å²) in [5.41, 5.74) is 1.33. The number of carbonyl (C=O) groups is 2. The first-order valence-electron chi connectivity index (χ1n) is 8.30. The smallest absolute Gasteiger partial charge is 0.225 e. The van der Waals surface area contributed by atoms with E-state index in [0.29, 0.717) is 12.2 Å². The van der Waals surface area contributed by atoms with Gasteiger partial charge < -0.3 is 20.4 Å². The highest BCUT2D eigenvalue weighted by Gasteiger charge is 2.31. The second-order valence-corrected chi connectivity index (χ2v) is 6.42. The number of amides is 2. The van der Waals surface area contributed by atoms with Gasteiger partial charge in [-0.3, -0.25) is 9.59 Å². The van der Waals surface area contributed by atoms with Crippen molar-refractivity contribution in [3.63, 3.8) is 0 Å². The summed E-state index contributed by atoms with van der Waals surface area (Å²) in [5, 5.41) is 6.04. The van der Waals surface area contributed by atoms with Crippen LogP contribution in [-0.4, -0.2) is 56.5 Å². The van der Waals surface area contributed by atoms with E-state index in [1.165, 1.54) is 6.07 Å². The summed E-state index contributed by atoms with van der Waals surface area (Å²) >= 11 is 0. The molecule has 6 nitrogen and oxygen atoms in total. The van der Waals surface area contributed by atoms with Gasteiger partial charge in [0, 0.05) is 52.7 Å². The summed E-state index contributed by atoms with van der Waals surface area (Å²) in [7, 11) is 1.69. The second-order valence-electron chi connectivity index (χ2n) is 6.42. The Balaban J connectivity index is 1.57. The number of nitrogens with zero attached hydrogens (tertiary/aromatic N) is 2. The van der Waals surface area contributed by atoms with Gasteiger partial charge in [-0.05, 0) is 17.7 Å². The van der Waals surface area contributed by atoms with Gasteiger partial charge in [0.25, 0.3) is 0 Å². The van der Waals surface area contributed by atoms with Crippen LogP contribution in [0.25, 0.3) is 0 Å². The van der Waals surface area contributed by atoms with Crippen LogP contribution in [0.1, 0.15) is 12.0 Å². The molecular weight excluding hydrogens is 311 g/mol. The molecule has 0 bridgehead atoms. The van der Waals surface area contributed by atoms with Crippen LogP contribution in [0.4, 0.5) is 10.1 Å². The molecule has 2 amide bonds. The lowest BCUT2D eigenvalue weighted by molar-refractivity contribution is -0.128. The molecule has 24 heavy (non-hydrogen) atoms. The van der Waals surface area contributed by atoms with Crippen molar-refractivity contribution >= 4 is 17.5 Å². The number of piperazine rings is 1. The third-order valence-corrected chi connectivity index (χ3v) is 4.65. The first-order valence-corrected chi connectivity index (χ1v) is 8.30. The molecule has 0 radical (unpaired) electrons. The summed E-state index contributed by atoms with van der Waals surface area (Å²) in [6.07, 6.45) is 0.249. The van der Waals surface area contributed by atoms with E-state index >= 15 is 0 Å². The first kappa shape index (κ1) is 16.7. The van der Waals surface area contributed by atoms with Gasteiger partial charge in [-0.15, -0.1) is 0 Å². The molecule has 2 aliphatic rings. The zero-order chi connectivity index (χ0) is 17.1. The molecule has 2 fully saturated rings. The Morgan fingerprint density at radius 1 is 1.38 bits per heavy atom. The van der Waals surface area contributed by atoms with E-state index in [0.717, 1.165) is 31.7 Å². The number of likely N-dealkylation sites (tertiary alicyclic amines) is 1. The van der Waals surface area contributed by atoms with Crippen molar-refractivity contribution in [1.82, 2.24) is 15.5 Å². The van der Waals surface area contributed by atoms with Gasteiger partial charge in [-0.1, -0.05) is 6.07 Å². The number of anilines is 1. The molecular formula is C17H23FN4O2. The minimum absolute atomic E-state index is 0.0124. The van der Waals surface area contributed by atoms with Crippen molar-refractivity contribution in [2.75, 3.05) is 44.7 Å². The molecule has 0 unspecified atom stereocenters. The van der Waals surface area contributed by atoms with E-state index in [4.69, 9.17) is 0 Å². The van der Waals surface area contributed by atoms with Crippen LogP contribution in [0.2, 0.25) is 0 Å². The van der Waals surface area contributed by atoms with Crippen LogP contribution in [-0.2, 0) is 16.1 Å². The van der Waals surface area contributed by atoms with Crippen molar-refractivity contribution in [1.29, 1.82) is 0 Å². The Morgan fingerprint density at radius 3 is 2.75 bits per heavy atom. The zero-order valence-corrected chi connectivity index (χ0v) is 13.8. The fourth-order valence-corrected chi connectivity index (χ4v) is 3.20. The molecule has 2 saturated heterocycles. The average Bonchev–Trinajstić information content (AvgIpc) is 2.93. The highest BCUT2D eigenvalue weighted by molar-refractivity contribution is 5.89. The van der Waals surface area contributed by atoms with Crippen molar-refractivity contribution in [2.45, 2.75) is 13.0 Å². The predicted molar refractivity (Wildman–Crippen MR) is 89.1 cm³/mol. The van der Waals surface area contributed by atoms with Crippen LogP contribution in [0.5, 0.6) is 0 Å². The number of hydrogen-bond acceptors (Lipinski definition) is 4. The molecule has 3 rings (SSSR count). The van der Waals surface area contributed by atoms with E-state index in [2.05, 4.69) is 10.6 Å². The minimum Gasteiger partial charge on any atom is -0.367 e. The molecule has 1 aromatic rings. The third kappa shape index (κ3) is 3.67. The predicted octanol–water partition coefficient (Wildman–Crippen LogP) is 0.330. The lowest BCUT2D eigenvalue weighted by Gasteiger charge is -2.29. The first-order chi connectivity index (χ1) is 11.5. The number of benzene rings is 1. The van der Waals surface area contributed by atoms with Gasteiger partial charge in [-0.2, -0.15) is 0 Å². The van der Waals surface area contributed by atoms with E-state index in [1.54, 1.807) is 18.0 Å². The quantitative estimate of drug-likeness (QED) is 0.833. The molecule has 0 saturated carbocycles. The summed E-state index contributed by atoms with van der Waals surface area (Å²) in [6.45, 7) is 4.00. The van der Waals surface area contributed by atoms with Gasteiger partial charge >= 0.3 is 0 Å². The Morgan fingerprint density at radius 2 is 2.12 bits per heavy atom. The standard InChI is InChI=1S/C17H23FN4O2/c1-21-11-13(9-16(21)23)17(24)20-10-12-2-3-15(14(18)8-12)22-6-4-19-5-7-22/h2-3,8,13,19H,4-7,9-11H2,1H3,(H,20,24)/t13-/m0/s1. The van der Waals surface area contributed by atoms with Gasteiger partial charge in [0.2, 0.25) is 11.8 Å². The monoisotopic (exact) mass is 334 g/mol. The number of hydrogen-bond donors (Lipinski definition) is 2. The van der Waals surface area contributed by atoms with Crippen molar-refractivity contribution in [3.8, 4) is 0 Å². The number of rotatable bonds is 4.